The molecule has 3 nitrogen and oxygen atoms in total. The van der Waals surface area contributed by atoms with E-state index in [2.05, 4.69) is 29.0 Å². The fourth-order valence-electron chi connectivity index (χ4n) is 3.42. The number of morpholine rings is 1. The van der Waals surface area contributed by atoms with Crippen LogP contribution in [0.5, 0.6) is 0 Å². The topological polar surface area (TPSA) is 21.7 Å². The van der Waals surface area contributed by atoms with Crippen molar-refractivity contribution in [1.82, 2.24) is 4.90 Å². The minimum absolute atomic E-state index is 0.355. The monoisotopic (exact) mass is 293 g/mol. The highest BCUT2D eigenvalue weighted by molar-refractivity contribution is 7.09. The van der Waals surface area contributed by atoms with Gasteiger partial charge in [-0.25, -0.2) is 0 Å². The van der Waals surface area contributed by atoms with Gasteiger partial charge in [-0.15, -0.1) is 17.9 Å². The van der Waals surface area contributed by atoms with Gasteiger partial charge >= 0.3 is 0 Å². The van der Waals surface area contributed by atoms with Gasteiger partial charge in [0.15, 0.2) is 0 Å². The highest BCUT2D eigenvalue weighted by atomic mass is 32.1. The maximum absolute atomic E-state index is 6.05. The van der Waals surface area contributed by atoms with Crippen molar-refractivity contribution in [2.45, 2.75) is 31.5 Å². The second kappa shape index (κ2) is 6.85. The summed E-state index contributed by atoms with van der Waals surface area (Å²) in [7, 11) is 0. The van der Waals surface area contributed by atoms with E-state index in [1.807, 2.05) is 17.4 Å². The van der Waals surface area contributed by atoms with Crippen LogP contribution in [0.1, 0.15) is 17.7 Å². The van der Waals surface area contributed by atoms with Crippen LogP contribution in [0.2, 0.25) is 0 Å². The van der Waals surface area contributed by atoms with Gasteiger partial charge in [0.05, 0.1) is 25.9 Å². The van der Waals surface area contributed by atoms with Gasteiger partial charge in [0.2, 0.25) is 0 Å². The van der Waals surface area contributed by atoms with Crippen molar-refractivity contribution in [3.05, 3.63) is 35.0 Å². The molecule has 0 unspecified atom stereocenters. The van der Waals surface area contributed by atoms with Crippen molar-refractivity contribution in [1.29, 1.82) is 0 Å². The van der Waals surface area contributed by atoms with Crippen molar-refractivity contribution < 1.29 is 9.47 Å². The maximum Gasteiger partial charge on any atom is 0.0781 e. The molecule has 1 aromatic heterocycles. The van der Waals surface area contributed by atoms with Crippen molar-refractivity contribution in [3.63, 3.8) is 0 Å². The van der Waals surface area contributed by atoms with E-state index >= 15 is 0 Å². The molecular formula is C16H23NO2S. The van der Waals surface area contributed by atoms with Crippen LogP contribution in [0.4, 0.5) is 0 Å². The van der Waals surface area contributed by atoms with Crippen molar-refractivity contribution >= 4 is 11.3 Å². The lowest BCUT2D eigenvalue weighted by Gasteiger charge is -2.39. The first-order chi connectivity index (χ1) is 9.88. The molecule has 20 heavy (non-hydrogen) atoms. The lowest BCUT2D eigenvalue weighted by atomic mass is 10.0. The van der Waals surface area contributed by atoms with Gasteiger partial charge in [0.25, 0.3) is 0 Å². The van der Waals surface area contributed by atoms with Gasteiger partial charge < -0.3 is 9.47 Å². The number of ether oxygens (including phenoxy) is 2. The average Bonchev–Trinajstić information content (AvgIpc) is 3.10. The molecule has 4 heteroatoms. The van der Waals surface area contributed by atoms with Crippen LogP contribution in [0.15, 0.2) is 30.2 Å². The minimum Gasteiger partial charge on any atom is -0.377 e. The average molecular weight is 293 g/mol. The summed E-state index contributed by atoms with van der Waals surface area (Å²) in [5.41, 5.74) is 0. The molecule has 3 atom stereocenters. The Morgan fingerprint density at radius 1 is 1.50 bits per heavy atom. The van der Waals surface area contributed by atoms with E-state index in [1.54, 1.807) is 0 Å². The molecule has 1 aliphatic heterocycles. The Balaban J connectivity index is 1.58. The summed E-state index contributed by atoms with van der Waals surface area (Å²) in [5, 5.41) is 2.16. The molecule has 0 amide bonds. The van der Waals surface area contributed by atoms with Crippen molar-refractivity contribution in [2.75, 3.05) is 26.4 Å². The highest BCUT2D eigenvalue weighted by Gasteiger charge is 2.42. The van der Waals surface area contributed by atoms with Crippen LogP contribution in [0, 0.1) is 5.92 Å². The summed E-state index contributed by atoms with van der Waals surface area (Å²) in [4.78, 5) is 4.06. The molecule has 0 aromatic carbocycles. The maximum atomic E-state index is 6.05. The Kier molecular flexibility index (Phi) is 4.89. The number of fused-ring (bicyclic) bond motifs is 1. The predicted octanol–water partition coefficient (Wildman–Crippen LogP) is 2.93. The molecule has 2 fully saturated rings. The second-order valence-electron chi connectivity index (χ2n) is 5.62. The fraction of sp³-hybridized carbons (Fsp3) is 0.625. The van der Waals surface area contributed by atoms with Crippen LogP contribution in [0.25, 0.3) is 0 Å². The normalized spacial score (nSPS) is 30.3. The van der Waals surface area contributed by atoms with Gasteiger partial charge in [0, 0.05) is 29.9 Å². The second-order valence-corrected chi connectivity index (χ2v) is 6.65. The molecule has 2 aliphatic rings. The Labute approximate surface area is 125 Å². The molecule has 0 bridgehead atoms. The van der Waals surface area contributed by atoms with Gasteiger partial charge in [-0.2, -0.15) is 0 Å². The third kappa shape index (κ3) is 3.14. The molecule has 0 radical (unpaired) electrons. The smallest absolute Gasteiger partial charge is 0.0781 e. The van der Waals surface area contributed by atoms with Gasteiger partial charge in [-0.05, 0) is 24.3 Å². The van der Waals surface area contributed by atoms with Gasteiger partial charge in [-0.3, -0.25) is 4.90 Å². The van der Waals surface area contributed by atoms with Crippen molar-refractivity contribution in [2.24, 2.45) is 5.92 Å². The molecular weight excluding hydrogens is 270 g/mol. The van der Waals surface area contributed by atoms with E-state index in [0.29, 0.717) is 24.7 Å². The molecule has 110 valence electrons. The molecule has 3 rings (SSSR count). The zero-order valence-electron chi connectivity index (χ0n) is 11.9. The Morgan fingerprint density at radius 3 is 3.25 bits per heavy atom. The third-order valence-corrected chi connectivity index (χ3v) is 5.20. The molecule has 2 heterocycles. The summed E-state index contributed by atoms with van der Waals surface area (Å²) < 4.78 is 11.7. The summed E-state index contributed by atoms with van der Waals surface area (Å²) in [5.74, 6) is 0.547. The third-order valence-electron chi connectivity index (χ3n) is 4.34. The SMILES string of the molecule is C=CCOC[C@@H]1CC[C@H]2[C@@H]1OCCN2Cc1cccs1. The van der Waals surface area contributed by atoms with E-state index in [-0.39, 0.29) is 0 Å². The van der Waals surface area contributed by atoms with Gasteiger partial charge in [0.1, 0.15) is 0 Å². The predicted molar refractivity (Wildman–Crippen MR) is 82.0 cm³/mol. The lowest BCUT2D eigenvalue weighted by molar-refractivity contribution is -0.0866. The molecule has 1 aromatic rings. The summed E-state index contributed by atoms with van der Waals surface area (Å²) >= 11 is 1.85. The van der Waals surface area contributed by atoms with Crippen LogP contribution in [0.3, 0.4) is 0 Å². The molecule has 1 saturated heterocycles. The number of rotatable bonds is 6. The van der Waals surface area contributed by atoms with Crippen LogP contribution >= 0.6 is 11.3 Å². The van der Waals surface area contributed by atoms with E-state index < -0.39 is 0 Å². The molecule has 1 saturated carbocycles. The number of hydrogen-bond acceptors (Lipinski definition) is 4. The van der Waals surface area contributed by atoms with Crippen LogP contribution < -0.4 is 0 Å². The zero-order valence-corrected chi connectivity index (χ0v) is 12.7. The first-order valence-electron chi connectivity index (χ1n) is 7.45. The van der Waals surface area contributed by atoms with E-state index in [0.717, 1.165) is 26.3 Å². The van der Waals surface area contributed by atoms with Crippen LogP contribution in [-0.4, -0.2) is 43.4 Å². The minimum atomic E-state index is 0.355. The number of hydrogen-bond donors (Lipinski definition) is 0. The van der Waals surface area contributed by atoms with E-state index in [1.165, 1.54) is 17.7 Å². The molecule has 1 aliphatic carbocycles. The zero-order chi connectivity index (χ0) is 13.8. The Morgan fingerprint density at radius 2 is 2.45 bits per heavy atom. The number of nitrogens with zero attached hydrogens (tertiary/aromatic N) is 1. The standard InChI is InChI=1S/C16H23NO2S/c1-2-8-18-12-13-5-6-15-16(13)19-9-7-17(15)11-14-4-3-10-20-14/h2-4,10,13,15-16H,1,5-9,11-12H2/t13-,15-,16+/m0/s1. The van der Waals surface area contributed by atoms with E-state index in [9.17, 15) is 0 Å². The Hall–Kier alpha value is -0.680. The fourth-order valence-corrected chi connectivity index (χ4v) is 4.15. The first kappa shape index (κ1) is 14.3. The van der Waals surface area contributed by atoms with Gasteiger partial charge in [-0.1, -0.05) is 12.1 Å². The molecule has 0 spiro atoms. The highest BCUT2D eigenvalue weighted by Crippen LogP contribution is 2.35. The van der Waals surface area contributed by atoms with E-state index in [4.69, 9.17) is 9.47 Å². The summed E-state index contributed by atoms with van der Waals surface area (Å²) in [6.45, 7) is 8.13. The van der Waals surface area contributed by atoms with Crippen molar-refractivity contribution in [3.8, 4) is 0 Å². The number of thiophene rings is 1. The first-order valence-corrected chi connectivity index (χ1v) is 8.33. The molecule has 0 N–H and O–H groups in total. The largest absolute Gasteiger partial charge is 0.377 e. The summed E-state index contributed by atoms with van der Waals surface area (Å²) in [6.07, 6.45) is 4.62. The van der Waals surface area contributed by atoms with Crippen LogP contribution in [-0.2, 0) is 16.0 Å². The lowest BCUT2D eigenvalue weighted by Crippen LogP contribution is -2.50. The summed E-state index contributed by atoms with van der Waals surface area (Å²) in [6, 6.07) is 4.94. The quantitative estimate of drug-likeness (QED) is 0.594. The Bertz CT molecular complexity index is 420.